The molecule has 0 spiro atoms. The number of methoxy groups -OCH3 is 1. The third-order valence-electron chi connectivity index (χ3n) is 1.07. The number of hydrogen-bond donors (Lipinski definition) is 3. The minimum Gasteiger partial charge on any atom is -0.479 e. The molecule has 0 aliphatic carbocycles. The molecule has 0 amide bonds. The fourth-order valence-corrected chi connectivity index (χ4v) is 0.419. The van der Waals surface area contributed by atoms with Crippen LogP contribution in [0.25, 0.3) is 0 Å². The summed E-state index contributed by atoms with van der Waals surface area (Å²) in [6, 6.07) is -1.53. The zero-order valence-electron chi connectivity index (χ0n) is 5.85. The third kappa shape index (κ3) is 2.52. The van der Waals surface area contributed by atoms with Crippen LogP contribution in [0.2, 0.25) is 0 Å². The van der Waals surface area contributed by atoms with Crippen molar-refractivity contribution < 1.29 is 24.5 Å². The van der Waals surface area contributed by atoms with Gasteiger partial charge in [0.25, 0.3) is 0 Å². The number of carboxylic acid groups (broad SMARTS) is 1. The highest BCUT2D eigenvalue weighted by molar-refractivity contribution is 5.84. The molecule has 4 N–H and O–H groups in total. The molecule has 0 radical (unpaired) electrons. The number of aliphatic carboxylic acids is 1. The van der Waals surface area contributed by atoms with Crippen LogP contribution in [0.4, 0.5) is 0 Å². The molecule has 64 valence electrons. The van der Waals surface area contributed by atoms with E-state index in [4.69, 9.17) is 15.9 Å². The Bertz CT molecular complexity index is 168. The molecule has 0 aromatic heterocycles. The largest absolute Gasteiger partial charge is 0.479 e. The van der Waals surface area contributed by atoms with Crippen LogP contribution in [0.1, 0.15) is 0 Å². The van der Waals surface area contributed by atoms with Gasteiger partial charge in [-0.15, -0.1) is 0 Å². The van der Waals surface area contributed by atoms with Crippen molar-refractivity contribution in [3.05, 3.63) is 0 Å². The second-order valence-electron chi connectivity index (χ2n) is 1.83. The van der Waals surface area contributed by atoms with Crippen LogP contribution in [0, 0.1) is 0 Å². The van der Waals surface area contributed by atoms with E-state index in [1.807, 2.05) is 0 Å². The standard InChI is InChI=1S/C5H9NO5/c1-11-5(10)2(6)3(7)4(8)9/h2-3,7H,6H2,1H3,(H,8,9). The van der Waals surface area contributed by atoms with Gasteiger partial charge in [0, 0.05) is 0 Å². The van der Waals surface area contributed by atoms with Crippen molar-refractivity contribution in [3.8, 4) is 0 Å². The van der Waals surface area contributed by atoms with E-state index < -0.39 is 24.1 Å². The van der Waals surface area contributed by atoms with Crippen LogP contribution in [0.5, 0.6) is 0 Å². The molecule has 0 aromatic carbocycles. The van der Waals surface area contributed by atoms with Crippen LogP contribution in [-0.2, 0) is 14.3 Å². The molecule has 0 rings (SSSR count). The first-order valence-corrected chi connectivity index (χ1v) is 2.75. The van der Waals surface area contributed by atoms with Gasteiger partial charge < -0.3 is 20.7 Å². The normalized spacial score (nSPS) is 15.2. The van der Waals surface area contributed by atoms with E-state index in [0.717, 1.165) is 7.11 Å². The van der Waals surface area contributed by atoms with Crippen molar-refractivity contribution in [3.63, 3.8) is 0 Å². The molecule has 0 bridgehead atoms. The highest BCUT2D eigenvalue weighted by atomic mass is 16.5. The molecule has 0 saturated heterocycles. The number of aliphatic hydroxyl groups is 1. The van der Waals surface area contributed by atoms with Gasteiger partial charge in [0.1, 0.15) is 6.04 Å². The maximum absolute atomic E-state index is 10.5. The van der Waals surface area contributed by atoms with Gasteiger partial charge in [-0.2, -0.15) is 0 Å². The van der Waals surface area contributed by atoms with E-state index in [2.05, 4.69) is 4.74 Å². The molecule has 11 heavy (non-hydrogen) atoms. The molecular weight excluding hydrogens is 154 g/mol. The van der Waals surface area contributed by atoms with Gasteiger partial charge in [-0.3, -0.25) is 4.79 Å². The predicted molar refractivity (Wildman–Crippen MR) is 33.6 cm³/mol. The number of hydrogen-bond acceptors (Lipinski definition) is 5. The average molecular weight is 163 g/mol. The Morgan fingerprint density at radius 3 is 2.27 bits per heavy atom. The number of rotatable bonds is 3. The summed E-state index contributed by atoms with van der Waals surface area (Å²) in [5, 5.41) is 16.8. The lowest BCUT2D eigenvalue weighted by molar-refractivity contribution is -0.156. The Balaban J connectivity index is 4.12. The Morgan fingerprint density at radius 1 is 1.55 bits per heavy atom. The van der Waals surface area contributed by atoms with Gasteiger partial charge >= 0.3 is 11.9 Å². The first kappa shape index (κ1) is 9.86. The van der Waals surface area contributed by atoms with E-state index in [0.29, 0.717) is 0 Å². The number of nitrogens with two attached hydrogens (primary N) is 1. The topological polar surface area (TPSA) is 110 Å². The zero-order chi connectivity index (χ0) is 9.02. The maximum atomic E-state index is 10.5. The van der Waals surface area contributed by atoms with E-state index in [1.165, 1.54) is 0 Å². The first-order valence-electron chi connectivity index (χ1n) is 2.75. The van der Waals surface area contributed by atoms with Crippen molar-refractivity contribution in [2.75, 3.05) is 7.11 Å². The number of carbonyl (C=O) groups is 2. The third-order valence-corrected chi connectivity index (χ3v) is 1.07. The zero-order valence-corrected chi connectivity index (χ0v) is 5.85. The van der Waals surface area contributed by atoms with Gasteiger partial charge in [0.15, 0.2) is 6.10 Å². The summed E-state index contributed by atoms with van der Waals surface area (Å²) >= 11 is 0. The molecule has 2 unspecified atom stereocenters. The van der Waals surface area contributed by atoms with E-state index in [9.17, 15) is 9.59 Å². The number of ether oxygens (including phenoxy) is 1. The molecule has 0 fully saturated rings. The second-order valence-corrected chi connectivity index (χ2v) is 1.83. The van der Waals surface area contributed by atoms with Gasteiger partial charge in [0.2, 0.25) is 0 Å². The molecule has 0 saturated carbocycles. The summed E-state index contributed by atoms with van der Waals surface area (Å²) in [6.07, 6.45) is -1.91. The lowest BCUT2D eigenvalue weighted by Crippen LogP contribution is -2.46. The van der Waals surface area contributed by atoms with Gasteiger partial charge in [-0.25, -0.2) is 4.79 Å². The van der Waals surface area contributed by atoms with E-state index in [1.54, 1.807) is 0 Å². The summed E-state index contributed by atoms with van der Waals surface area (Å²) < 4.78 is 4.10. The quantitative estimate of drug-likeness (QED) is 0.412. The molecular formula is C5H9NO5. The lowest BCUT2D eigenvalue weighted by Gasteiger charge is -2.11. The van der Waals surface area contributed by atoms with Crippen LogP contribution < -0.4 is 5.73 Å². The second kappa shape index (κ2) is 3.89. The fourth-order valence-electron chi connectivity index (χ4n) is 0.419. The highest BCUT2D eigenvalue weighted by Crippen LogP contribution is 1.92. The fraction of sp³-hybridized carbons (Fsp3) is 0.600. The van der Waals surface area contributed by atoms with Crippen LogP contribution in [0.3, 0.4) is 0 Å². The van der Waals surface area contributed by atoms with Gasteiger partial charge in [-0.05, 0) is 0 Å². The molecule has 6 nitrogen and oxygen atoms in total. The van der Waals surface area contributed by atoms with E-state index in [-0.39, 0.29) is 0 Å². The van der Waals surface area contributed by atoms with Crippen LogP contribution in [0.15, 0.2) is 0 Å². The number of aliphatic hydroxyl groups excluding tert-OH is 1. The minimum atomic E-state index is -1.91. The average Bonchev–Trinajstić information content (AvgIpc) is 2.00. The maximum Gasteiger partial charge on any atom is 0.334 e. The predicted octanol–water partition coefficient (Wildman–Crippen LogP) is -2.07. The number of esters is 1. The van der Waals surface area contributed by atoms with Gasteiger partial charge in [0.05, 0.1) is 7.11 Å². The Kier molecular flexibility index (Phi) is 3.49. The van der Waals surface area contributed by atoms with Crippen LogP contribution >= 0.6 is 0 Å². The SMILES string of the molecule is COC(=O)C(N)C(O)C(=O)O. The van der Waals surface area contributed by atoms with Crippen LogP contribution in [-0.4, -0.2) is 41.4 Å². The summed E-state index contributed by atoms with van der Waals surface area (Å²) in [4.78, 5) is 20.5. The Hall–Kier alpha value is -1.14. The molecule has 0 aliphatic heterocycles. The number of carboxylic acids is 1. The minimum absolute atomic E-state index is 0.958. The summed E-state index contributed by atoms with van der Waals surface area (Å²) in [5.74, 6) is -2.51. The molecule has 0 aromatic rings. The highest BCUT2D eigenvalue weighted by Gasteiger charge is 2.28. The summed E-state index contributed by atoms with van der Waals surface area (Å²) in [7, 11) is 1.05. The monoisotopic (exact) mass is 163 g/mol. The van der Waals surface area contributed by atoms with Crippen molar-refractivity contribution in [1.29, 1.82) is 0 Å². The molecule has 6 heteroatoms. The van der Waals surface area contributed by atoms with Crippen molar-refractivity contribution >= 4 is 11.9 Å². The van der Waals surface area contributed by atoms with Crippen molar-refractivity contribution in [2.24, 2.45) is 5.73 Å². The van der Waals surface area contributed by atoms with Crippen molar-refractivity contribution in [2.45, 2.75) is 12.1 Å². The lowest BCUT2D eigenvalue weighted by atomic mass is 10.2. The molecule has 0 heterocycles. The Morgan fingerprint density at radius 2 is 2.00 bits per heavy atom. The molecule has 2 atom stereocenters. The van der Waals surface area contributed by atoms with Crippen molar-refractivity contribution in [1.82, 2.24) is 0 Å². The Labute approximate surface area is 62.6 Å². The number of carbonyl (C=O) groups excluding carboxylic acids is 1. The summed E-state index contributed by atoms with van der Waals surface area (Å²) in [5.41, 5.74) is 4.97. The smallest absolute Gasteiger partial charge is 0.334 e. The first-order chi connectivity index (χ1) is 5.00. The van der Waals surface area contributed by atoms with Gasteiger partial charge in [-0.1, -0.05) is 0 Å². The molecule has 0 aliphatic rings. The van der Waals surface area contributed by atoms with E-state index >= 15 is 0 Å². The summed E-state index contributed by atoms with van der Waals surface area (Å²) in [6.45, 7) is 0.